The first kappa shape index (κ1) is 28.4. The molecule has 51 heavy (non-hydrogen) atoms. The second-order valence-corrected chi connectivity index (χ2v) is 12.6. The molecule has 0 amide bonds. The Balaban J connectivity index is 1.28. The largest absolute Gasteiger partial charge is 0.454 e. The van der Waals surface area contributed by atoms with Gasteiger partial charge in [0.05, 0.1) is 52.0 Å². The van der Waals surface area contributed by atoms with Crippen molar-refractivity contribution in [3.8, 4) is 34.6 Å². The fourth-order valence-corrected chi connectivity index (χ4v) is 7.87. The standard InChI is InChI=1S/C45H23N5O/c1-48-38-23-27(25-46)22-37(43(38)50-40-15-7-2-10-31(40)32-11-3-8-16-41(32)50)30-19-18-29(24-28(30)26-47)49-39-14-6-4-12-33(39)35-20-21-36-34-13-5-9-17-42(34)51-45(36)44(35)49/h2-24H. The fourth-order valence-electron chi connectivity index (χ4n) is 7.87. The molecule has 6 nitrogen and oxygen atoms in total. The summed E-state index contributed by atoms with van der Waals surface area (Å²) < 4.78 is 10.8. The van der Waals surface area contributed by atoms with Gasteiger partial charge in [0, 0.05) is 49.1 Å². The Bertz CT molecular complexity index is 3190. The summed E-state index contributed by atoms with van der Waals surface area (Å²) in [5.74, 6) is 0. The molecule has 234 valence electrons. The zero-order valence-corrected chi connectivity index (χ0v) is 26.9. The third-order valence-corrected chi connectivity index (χ3v) is 9.99. The van der Waals surface area contributed by atoms with Crippen LogP contribution >= 0.6 is 0 Å². The topological polar surface area (TPSA) is 74.9 Å². The molecule has 0 fully saturated rings. The van der Waals surface area contributed by atoms with Crippen molar-refractivity contribution in [2.45, 2.75) is 0 Å². The van der Waals surface area contributed by atoms with Crippen LogP contribution in [0.5, 0.6) is 0 Å². The van der Waals surface area contributed by atoms with Crippen molar-refractivity contribution >= 4 is 71.2 Å². The number of aromatic nitrogens is 2. The van der Waals surface area contributed by atoms with Gasteiger partial charge in [-0.3, -0.25) is 0 Å². The Morgan fingerprint density at radius 2 is 1.16 bits per heavy atom. The van der Waals surface area contributed by atoms with Gasteiger partial charge in [-0.1, -0.05) is 84.9 Å². The second-order valence-electron chi connectivity index (χ2n) is 12.6. The summed E-state index contributed by atoms with van der Waals surface area (Å²) in [5, 5.41) is 27.2. The van der Waals surface area contributed by atoms with Crippen LogP contribution in [-0.2, 0) is 0 Å². The average molecular weight is 650 g/mol. The second kappa shape index (κ2) is 10.7. The Labute approximate surface area is 291 Å². The van der Waals surface area contributed by atoms with Gasteiger partial charge in [-0.05, 0) is 60.2 Å². The predicted molar refractivity (Wildman–Crippen MR) is 204 cm³/mol. The van der Waals surface area contributed by atoms with Crippen LogP contribution in [0.2, 0.25) is 0 Å². The monoisotopic (exact) mass is 649 g/mol. The normalized spacial score (nSPS) is 11.5. The zero-order chi connectivity index (χ0) is 34.2. The van der Waals surface area contributed by atoms with Gasteiger partial charge >= 0.3 is 0 Å². The molecular weight excluding hydrogens is 627 g/mol. The molecule has 0 aliphatic rings. The van der Waals surface area contributed by atoms with E-state index in [1.54, 1.807) is 12.1 Å². The highest BCUT2D eigenvalue weighted by molar-refractivity contribution is 6.21. The molecule has 0 bridgehead atoms. The molecule has 0 aliphatic heterocycles. The molecule has 3 heterocycles. The van der Waals surface area contributed by atoms with Gasteiger partial charge in [-0.2, -0.15) is 10.5 Å². The van der Waals surface area contributed by atoms with E-state index in [9.17, 15) is 10.5 Å². The van der Waals surface area contributed by atoms with Crippen molar-refractivity contribution in [1.29, 1.82) is 10.5 Å². The summed E-state index contributed by atoms with van der Waals surface area (Å²) >= 11 is 0. The van der Waals surface area contributed by atoms with E-state index in [-0.39, 0.29) is 0 Å². The van der Waals surface area contributed by atoms with Crippen LogP contribution in [-0.4, -0.2) is 9.13 Å². The number of fused-ring (bicyclic) bond motifs is 10. The minimum atomic E-state index is 0.332. The van der Waals surface area contributed by atoms with Gasteiger partial charge in [0.1, 0.15) is 5.58 Å². The number of benzene rings is 7. The van der Waals surface area contributed by atoms with E-state index in [0.717, 1.165) is 71.2 Å². The van der Waals surface area contributed by atoms with Crippen LogP contribution in [0.15, 0.2) is 144 Å². The van der Waals surface area contributed by atoms with Gasteiger partial charge < -0.3 is 13.6 Å². The van der Waals surface area contributed by atoms with Crippen LogP contribution in [0.1, 0.15) is 11.1 Å². The van der Waals surface area contributed by atoms with Crippen molar-refractivity contribution < 1.29 is 4.42 Å². The molecule has 0 atom stereocenters. The molecular formula is C45H23N5O. The molecule has 3 aromatic heterocycles. The SMILES string of the molecule is [C-]#[N+]c1cc(C#N)cc(-c2ccc(-n3c4ccccc4c4ccc5c6ccccc6oc5c43)cc2C#N)c1-n1c2ccccc2c2ccccc21. The highest BCUT2D eigenvalue weighted by Gasteiger charge is 2.23. The molecule has 0 spiro atoms. The van der Waals surface area contributed by atoms with E-state index in [1.165, 1.54) is 0 Å². The van der Waals surface area contributed by atoms with E-state index in [2.05, 4.69) is 68.6 Å². The Morgan fingerprint density at radius 3 is 1.82 bits per heavy atom. The number of hydrogen-bond donors (Lipinski definition) is 0. The number of nitrogens with zero attached hydrogens (tertiary/aromatic N) is 5. The third kappa shape index (κ3) is 3.95. The highest BCUT2D eigenvalue weighted by Crippen LogP contribution is 2.44. The minimum absolute atomic E-state index is 0.332. The molecule has 10 aromatic rings. The molecule has 6 heteroatoms. The van der Waals surface area contributed by atoms with Crippen molar-refractivity contribution in [3.05, 3.63) is 162 Å². The summed E-state index contributed by atoms with van der Waals surface area (Å²) in [6.07, 6.45) is 0. The fraction of sp³-hybridized carbons (Fsp3) is 0. The lowest BCUT2D eigenvalue weighted by Crippen LogP contribution is -2.01. The van der Waals surface area contributed by atoms with Crippen molar-refractivity contribution in [2.75, 3.05) is 0 Å². The number of hydrogen-bond acceptors (Lipinski definition) is 3. The third-order valence-electron chi connectivity index (χ3n) is 9.99. The lowest BCUT2D eigenvalue weighted by atomic mass is 9.95. The van der Waals surface area contributed by atoms with Gasteiger partial charge in [-0.25, -0.2) is 4.85 Å². The first-order valence-electron chi connectivity index (χ1n) is 16.5. The van der Waals surface area contributed by atoms with E-state index in [1.807, 2.05) is 84.9 Å². The zero-order valence-electron chi connectivity index (χ0n) is 26.9. The van der Waals surface area contributed by atoms with Crippen LogP contribution in [0.4, 0.5) is 5.69 Å². The number of para-hydroxylation sites is 4. The lowest BCUT2D eigenvalue weighted by Gasteiger charge is -2.18. The molecule has 0 N–H and O–H groups in total. The van der Waals surface area contributed by atoms with E-state index >= 15 is 0 Å². The summed E-state index contributed by atoms with van der Waals surface area (Å²) in [6.45, 7) is 8.25. The van der Waals surface area contributed by atoms with E-state index < -0.39 is 0 Å². The maximum absolute atomic E-state index is 10.8. The van der Waals surface area contributed by atoms with Crippen LogP contribution in [0, 0.1) is 29.2 Å². The maximum atomic E-state index is 10.8. The summed E-state index contributed by atoms with van der Waals surface area (Å²) in [6, 6.07) is 50.8. The summed E-state index contributed by atoms with van der Waals surface area (Å²) in [7, 11) is 0. The first-order valence-corrected chi connectivity index (χ1v) is 16.5. The lowest BCUT2D eigenvalue weighted by molar-refractivity contribution is 0.671. The quantitative estimate of drug-likeness (QED) is 0.179. The van der Waals surface area contributed by atoms with E-state index in [0.29, 0.717) is 33.6 Å². The molecule has 0 unspecified atom stereocenters. The summed E-state index contributed by atoms with van der Waals surface area (Å²) in [5.41, 5.74) is 9.19. The molecule has 10 rings (SSSR count). The maximum Gasteiger partial charge on any atom is 0.212 e. The highest BCUT2D eigenvalue weighted by atomic mass is 16.3. The van der Waals surface area contributed by atoms with Crippen LogP contribution in [0.3, 0.4) is 0 Å². The number of rotatable bonds is 3. The Morgan fingerprint density at radius 1 is 0.549 bits per heavy atom. The van der Waals surface area contributed by atoms with Crippen LogP contribution < -0.4 is 0 Å². The van der Waals surface area contributed by atoms with Crippen molar-refractivity contribution in [3.63, 3.8) is 0 Å². The molecule has 0 saturated heterocycles. The Hall–Kier alpha value is -7.59. The Kier molecular flexibility index (Phi) is 5.97. The van der Waals surface area contributed by atoms with Crippen LogP contribution in [0.25, 0.3) is 92.9 Å². The predicted octanol–water partition coefficient (Wildman–Crippen LogP) is 11.7. The van der Waals surface area contributed by atoms with Crippen molar-refractivity contribution in [1.82, 2.24) is 9.13 Å². The molecule has 0 radical (unpaired) electrons. The summed E-state index contributed by atoms with van der Waals surface area (Å²) in [4.78, 5) is 3.94. The van der Waals surface area contributed by atoms with E-state index in [4.69, 9.17) is 11.0 Å². The van der Waals surface area contributed by atoms with Gasteiger partial charge in [0.15, 0.2) is 5.58 Å². The average Bonchev–Trinajstić information content (AvgIpc) is 3.85. The molecule has 7 aromatic carbocycles. The number of furan rings is 1. The molecule has 0 saturated carbocycles. The smallest absolute Gasteiger partial charge is 0.212 e. The van der Waals surface area contributed by atoms with Gasteiger partial charge in [0.25, 0.3) is 0 Å². The minimum Gasteiger partial charge on any atom is -0.454 e. The first-order chi connectivity index (χ1) is 25.2. The van der Waals surface area contributed by atoms with Crippen molar-refractivity contribution in [2.24, 2.45) is 0 Å². The molecule has 0 aliphatic carbocycles. The van der Waals surface area contributed by atoms with Gasteiger partial charge in [0.2, 0.25) is 5.69 Å². The van der Waals surface area contributed by atoms with Gasteiger partial charge in [-0.15, -0.1) is 0 Å². The number of nitriles is 2.